The maximum atomic E-state index is 12.9. The van der Waals surface area contributed by atoms with Crippen LogP contribution in [0.25, 0.3) is 17.1 Å². The summed E-state index contributed by atoms with van der Waals surface area (Å²) in [6.07, 6.45) is 0. The van der Waals surface area contributed by atoms with Crippen molar-refractivity contribution in [1.29, 1.82) is 0 Å². The van der Waals surface area contributed by atoms with Crippen LogP contribution in [0, 0.1) is 0 Å². The lowest BCUT2D eigenvalue weighted by molar-refractivity contribution is -0.116. The van der Waals surface area contributed by atoms with Crippen molar-refractivity contribution in [1.82, 2.24) is 14.8 Å². The third-order valence-electron chi connectivity index (χ3n) is 4.69. The lowest BCUT2D eigenvalue weighted by Crippen LogP contribution is -2.32. The molecular formula is C24H22N4OS. The van der Waals surface area contributed by atoms with Crippen LogP contribution in [0.15, 0.2) is 96.2 Å². The summed E-state index contributed by atoms with van der Waals surface area (Å²) in [6, 6.07) is 29.7. The molecule has 0 N–H and O–H groups in total. The van der Waals surface area contributed by atoms with E-state index in [1.807, 2.05) is 102 Å². The molecule has 0 aliphatic heterocycles. The molecule has 0 aliphatic carbocycles. The first-order valence-electron chi connectivity index (χ1n) is 9.82. The van der Waals surface area contributed by atoms with Gasteiger partial charge in [0.1, 0.15) is 0 Å². The molecule has 5 nitrogen and oxygen atoms in total. The fourth-order valence-corrected chi connectivity index (χ4v) is 4.09. The number of hydrogen-bond acceptors (Lipinski definition) is 4. The third kappa shape index (κ3) is 4.28. The second-order valence-electron chi connectivity index (χ2n) is 6.61. The van der Waals surface area contributed by atoms with Crippen molar-refractivity contribution >= 4 is 23.4 Å². The van der Waals surface area contributed by atoms with Gasteiger partial charge in [0.15, 0.2) is 11.0 Å². The van der Waals surface area contributed by atoms with Crippen LogP contribution in [0.3, 0.4) is 0 Å². The minimum Gasteiger partial charge on any atom is -0.312 e. The summed E-state index contributed by atoms with van der Waals surface area (Å²) >= 11 is 1.40. The molecular weight excluding hydrogens is 392 g/mol. The van der Waals surface area contributed by atoms with Crippen LogP contribution in [-0.4, -0.2) is 33.0 Å². The molecule has 0 saturated carbocycles. The highest BCUT2D eigenvalue weighted by atomic mass is 32.2. The summed E-state index contributed by atoms with van der Waals surface area (Å²) in [7, 11) is 0. The fraction of sp³-hybridized carbons (Fsp3) is 0.125. The van der Waals surface area contributed by atoms with E-state index in [0.29, 0.717) is 11.7 Å². The molecule has 4 rings (SSSR count). The monoisotopic (exact) mass is 414 g/mol. The van der Waals surface area contributed by atoms with E-state index < -0.39 is 0 Å². The molecule has 30 heavy (non-hydrogen) atoms. The number of aromatic nitrogens is 3. The van der Waals surface area contributed by atoms with E-state index in [-0.39, 0.29) is 11.7 Å². The van der Waals surface area contributed by atoms with E-state index in [1.165, 1.54) is 11.8 Å². The summed E-state index contributed by atoms with van der Waals surface area (Å²) in [5, 5.41) is 9.53. The van der Waals surface area contributed by atoms with E-state index in [0.717, 1.165) is 22.8 Å². The van der Waals surface area contributed by atoms with Crippen LogP contribution in [0.4, 0.5) is 5.69 Å². The highest BCUT2D eigenvalue weighted by Crippen LogP contribution is 2.28. The Kier molecular flexibility index (Phi) is 6.25. The molecule has 0 radical (unpaired) electrons. The number of rotatable bonds is 7. The van der Waals surface area contributed by atoms with Crippen molar-refractivity contribution in [2.24, 2.45) is 0 Å². The number of thioether (sulfide) groups is 1. The van der Waals surface area contributed by atoms with Gasteiger partial charge in [0.05, 0.1) is 5.75 Å². The van der Waals surface area contributed by atoms with Crippen LogP contribution >= 0.6 is 11.8 Å². The maximum absolute atomic E-state index is 12.9. The SMILES string of the molecule is CCN(C(=O)CSc1nnc(-c2ccccc2)n1-c1ccccc1)c1ccccc1. The first-order valence-corrected chi connectivity index (χ1v) is 10.8. The van der Waals surface area contributed by atoms with Gasteiger partial charge in [-0.2, -0.15) is 0 Å². The molecule has 0 aliphatic rings. The Morgan fingerprint density at radius 3 is 2.10 bits per heavy atom. The Balaban J connectivity index is 1.62. The predicted octanol–water partition coefficient (Wildman–Crippen LogP) is 5.08. The molecule has 3 aromatic carbocycles. The molecule has 0 saturated heterocycles. The first kappa shape index (κ1) is 19.9. The van der Waals surface area contributed by atoms with Crippen LogP contribution < -0.4 is 4.90 Å². The molecule has 0 unspecified atom stereocenters. The average molecular weight is 415 g/mol. The molecule has 0 bridgehead atoms. The molecule has 1 aromatic heterocycles. The molecule has 1 heterocycles. The number of nitrogens with zero attached hydrogens (tertiary/aromatic N) is 4. The van der Waals surface area contributed by atoms with E-state index >= 15 is 0 Å². The summed E-state index contributed by atoms with van der Waals surface area (Å²) < 4.78 is 2.01. The largest absolute Gasteiger partial charge is 0.312 e. The normalized spacial score (nSPS) is 10.7. The molecule has 6 heteroatoms. The van der Waals surface area contributed by atoms with Gasteiger partial charge in [0.2, 0.25) is 5.91 Å². The highest BCUT2D eigenvalue weighted by Gasteiger charge is 2.19. The number of hydrogen-bond donors (Lipinski definition) is 0. The van der Waals surface area contributed by atoms with E-state index in [1.54, 1.807) is 4.90 Å². The topological polar surface area (TPSA) is 51.0 Å². The smallest absolute Gasteiger partial charge is 0.237 e. The molecule has 0 spiro atoms. The number of benzene rings is 3. The quantitative estimate of drug-likeness (QED) is 0.396. The Hall–Kier alpha value is -3.38. The van der Waals surface area contributed by atoms with Crippen molar-refractivity contribution < 1.29 is 4.79 Å². The number of anilines is 1. The zero-order chi connectivity index (χ0) is 20.8. The maximum Gasteiger partial charge on any atom is 0.237 e. The summed E-state index contributed by atoms with van der Waals surface area (Å²) in [5.41, 5.74) is 2.85. The van der Waals surface area contributed by atoms with Gasteiger partial charge in [-0.05, 0) is 31.2 Å². The second-order valence-corrected chi connectivity index (χ2v) is 7.55. The summed E-state index contributed by atoms with van der Waals surface area (Å²) in [5.74, 6) is 1.08. The van der Waals surface area contributed by atoms with Crippen molar-refractivity contribution in [2.75, 3.05) is 17.2 Å². The number of carbonyl (C=O) groups excluding carboxylic acids is 1. The van der Waals surface area contributed by atoms with Gasteiger partial charge in [-0.1, -0.05) is 78.5 Å². The minimum absolute atomic E-state index is 0.0394. The van der Waals surface area contributed by atoms with Gasteiger partial charge in [-0.25, -0.2) is 0 Å². The Morgan fingerprint density at radius 2 is 1.47 bits per heavy atom. The standard InChI is InChI=1S/C24H22N4OS/c1-2-27(20-14-8-4-9-15-20)22(29)18-30-24-26-25-23(19-12-6-3-7-13-19)28(24)21-16-10-5-11-17-21/h3-17H,2,18H2,1H3. The highest BCUT2D eigenvalue weighted by molar-refractivity contribution is 7.99. The lowest BCUT2D eigenvalue weighted by atomic mass is 10.2. The van der Waals surface area contributed by atoms with E-state index in [4.69, 9.17) is 0 Å². The van der Waals surface area contributed by atoms with Crippen molar-refractivity contribution in [3.63, 3.8) is 0 Å². The first-order chi connectivity index (χ1) is 14.8. The van der Waals surface area contributed by atoms with Gasteiger partial charge in [-0.15, -0.1) is 10.2 Å². The average Bonchev–Trinajstić information content (AvgIpc) is 3.24. The van der Waals surface area contributed by atoms with Crippen LogP contribution in [-0.2, 0) is 4.79 Å². The summed E-state index contributed by atoms with van der Waals surface area (Å²) in [6.45, 7) is 2.60. The van der Waals surface area contributed by atoms with Gasteiger partial charge >= 0.3 is 0 Å². The van der Waals surface area contributed by atoms with Crippen molar-refractivity contribution in [2.45, 2.75) is 12.1 Å². The van der Waals surface area contributed by atoms with Crippen LogP contribution in [0.2, 0.25) is 0 Å². The molecule has 1 amide bonds. The van der Waals surface area contributed by atoms with Crippen molar-refractivity contribution in [3.8, 4) is 17.1 Å². The predicted molar refractivity (Wildman–Crippen MR) is 122 cm³/mol. The van der Waals surface area contributed by atoms with Crippen molar-refractivity contribution in [3.05, 3.63) is 91.0 Å². The molecule has 0 atom stereocenters. The number of amides is 1. The van der Waals surface area contributed by atoms with Gasteiger partial charge in [-0.3, -0.25) is 9.36 Å². The molecule has 150 valence electrons. The van der Waals surface area contributed by atoms with Gasteiger partial charge < -0.3 is 4.90 Å². The van der Waals surface area contributed by atoms with Crippen LogP contribution in [0.5, 0.6) is 0 Å². The summed E-state index contributed by atoms with van der Waals surface area (Å²) in [4.78, 5) is 14.7. The minimum atomic E-state index is 0.0394. The lowest BCUT2D eigenvalue weighted by Gasteiger charge is -2.20. The third-order valence-corrected chi connectivity index (χ3v) is 5.60. The zero-order valence-corrected chi connectivity index (χ0v) is 17.5. The number of para-hydroxylation sites is 2. The zero-order valence-electron chi connectivity index (χ0n) is 16.7. The van der Waals surface area contributed by atoms with Gasteiger partial charge in [0.25, 0.3) is 0 Å². The Morgan fingerprint density at radius 1 is 0.867 bits per heavy atom. The Labute approximate surface area is 180 Å². The second kappa shape index (κ2) is 9.41. The fourth-order valence-electron chi connectivity index (χ4n) is 3.26. The van der Waals surface area contributed by atoms with Crippen LogP contribution in [0.1, 0.15) is 6.92 Å². The van der Waals surface area contributed by atoms with E-state index in [9.17, 15) is 4.79 Å². The number of carbonyl (C=O) groups is 1. The molecule has 0 fully saturated rings. The van der Waals surface area contributed by atoms with Gasteiger partial charge in [0, 0.05) is 23.5 Å². The Bertz CT molecular complexity index is 1100. The van der Waals surface area contributed by atoms with E-state index in [2.05, 4.69) is 10.2 Å². The molecule has 4 aromatic rings.